The van der Waals surface area contributed by atoms with Gasteiger partial charge >= 0.3 is 11.9 Å². The monoisotopic (exact) mass is 350 g/mol. The summed E-state index contributed by atoms with van der Waals surface area (Å²) >= 11 is 0. The molecular weight excluding hydrogens is 320 g/mol. The van der Waals surface area contributed by atoms with Gasteiger partial charge in [0.25, 0.3) is 0 Å². The molecule has 2 saturated heterocycles. The zero-order valence-corrected chi connectivity index (χ0v) is 16.2. The number of carbonyl (C=O) groups is 2. The number of allylic oxidation sites excluding steroid dienone is 2. The highest BCUT2D eigenvalue weighted by atomic mass is 16.7. The van der Waals surface area contributed by atoms with Gasteiger partial charge in [-0.15, -0.1) is 0 Å². The second-order valence-electron chi connectivity index (χ2n) is 9.01. The fraction of sp³-hybridized carbons (Fsp3) is 0.800. The predicted octanol–water partition coefficient (Wildman–Crippen LogP) is 3.56. The molecule has 2 heterocycles. The average Bonchev–Trinajstić information content (AvgIpc) is 3.07. The minimum absolute atomic E-state index is 0.0774. The molecular formula is C20H30O5. The summed E-state index contributed by atoms with van der Waals surface area (Å²) in [7, 11) is 0. The third-order valence-corrected chi connectivity index (χ3v) is 7.01. The van der Waals surface area contributed by atoms with E-state index in [1.54, 1.807) is 0 Å². The van der Waals surface area contributed by atoms with Crippen LogP contribution in [0, 0.1) is 10.8 Å². The number of hydrogen-bond acceptors (Lipinski definition) is 5. The number of ether oxygens (including phenoxy) is 3. The zero-order valence-electron chi connectivity index (χ0n) is 16.2. The van der Waals surface area contributed by atoms with Gasteiger partial charge in [-0.3, -0.25) is 4.79 Å². The summed E-state index contributed by atoms with van der Waals surface area (Å²) in [6.07, 6.45) is 5.17. The topological polar surface area (TPSA) is 65.1 Å². The molecule has 25 heavy (non-hydrogen) atoms. The number of hydrogen-bond donors (Lipinski definition) is 0. The van der Waals surface area contributed by atoms with Gasteiger partial charge in [-0.1, -0.05) is 25.5 Å². The van der Waals surface area contributed by atoms with Gasteiger partial charge in [0.15, 0.2) is 0 Å². The van der Waals surface area contributed by atoms with Gasteiger partial charge in [0.2, 0.25) is 5.60 Å². The lowest BCUT2D eigenvalue weighted by atomic mass is 9.66. The van der Waals surface area contributed by atoms with Crippen molar-refractivity contribution in [1.82, 2.24) is 0 Å². The Labute approximate surface area is 150 Å². The van der Waals surface area contributed by atoms with Crippen LogP contribution in [-0.4, -0.2) is 35.9 Å². The van der Waals surface area contributed by atoms with Gasteiger partial charge in [-0.25, -0.2) is 4.79 Å². The molecule has 3 aliphatic rings. The number of rotatable bonds is 6. The lowest BCUT2D eigenvalue weighted by Crippen LogP contribution is -2.49. The van der Waals surface area contributed by atoms with Crippen molar-refractivity contribution in [2.45, 2.75) is 84.5 Å². The Hall–Kier alpha value is -1.36. The quantitative estimate of drug-likeness (QED) is 0.416. The third-order valence-electron chi connectivity index (χ3n) is 7.01. The van der Waals surface area contributed by atoms with Gasteiger partial charge in [-0.05, 0) is 53.4 Å². The molecule has 1 saturated carbocycles. The summed E-state index contributed by atoms with van der Waals surface area (Å²) in [5.74, 6) is -0.704. The first-order chi connectivity index (χ1) is 11.5. The molecule has 0 N–H and O–H groups in total. The third kappa shape index (κ3) is 2.54. The molecule has 0 aromatic carbocycles. The highest BCUT2D eigenvalue weighted by Crippen LogP contribution is 2.65. The highest BCUT2D eigenvalue weighted by molar-refractivity contribution is 5.93. The SMILES string of the molecule is CC(C)=CCC[C@]1(C)O[C@@H]1COC(=O)C12CCC(C)(C(=O)O1)C2(C)C. The van der Waals surface area contributed by atoms with Crippen molar-refractivity contribution in [2.75, 3.05) is 6.61 Å². The molecule has 5 heteroatoms. The molecule has 0 radical (unpaired) electrons. The second-order valence-corrected chi connectivity index (χ2v) is 9.01. The number of carbonyl (C=O) groups excluding carboxylic acids is 2. The first-order valence-electron chi connectivity index (χ1n) is 9.20. The molecule has 0 amide bonds. The minimum Gasteiger partial charge on any atom is -0.460 e. The molecule has 3 rings (SSSR count). The van der Waals surface area contributed by atoms with Gasteiger partial charge in [0, 0.05) is 5.41 Å². The van der Waals surface area contributed by atoms with Crippen LogP contribution in [0.1, 0.15) is 67.2 Å². The van der Waals surface area contributed by atoms with Crippen LogP contribution in [0.4, 0.5) is 0 Å². The highest BCUT2D eigenvalue weighted by Gasteiger charge is 2.76. The van der Waals surface area contributed by atoms with E-state index in [9.17, 15) is 9.59 Å². The van der Waals surface area contributed by atoms with Crippen LogP contribution in [0.15, 0.2) is 11.6 Å². The lowest BCUT2D eigenvalue weighted by molar-refractivity contribution is -0.183. The van der Waals surface area contributed by atoms with Crippen molar-refractivity contribution in [2.24, 2.45) is 10.8 Å². The summed E-state index contributed by atoms with van der Waals surface area (Å²) in [5, 5.41) is 0. The van der Waals surface area contributed by atoms with E-state index in [1.807, 2.05) is 20.8 Å². The molecule has 2 unspecified atom stereocenters. The minimum atomic E-state index is -1.15. The molecule has 140 valence electrons. The fourth-order valence-electron chi connectivity index (χ4n) is 4.34. The average molecular weight is 350 g/mol. The van der Waals surface area contributed by atoms with E-state index in [2.05, 4.69) is 26.8 Å². The number of esters is 2. The van der Waals surface area contributed by atoms with Crippen molar-refractivity contribution in [3.05, 3.63) is 11.6 Å². The molecule has 0 spiro atoms. The van der Waals surface area contributed by atoms with Crippen molar-refractivity contribution in [1.29, 1.82) is 0 Å². The van der Waals surface area contributed by atoms with Crippen LogP contribution >= 0.6 is 0 Å². The number of fused-ring (bicyclic) bond motifs is 2. The van der Waals surface area contributed by atoms with Gasteiger partial charge < -0.3 is 14.2 Å². The summed E-state index contributed by atoms with van der Waals surface area (Å²) in [5.41, 5.74) is -1.25. The van der Waals surface area contributed by atoms with E-state index in [4.69, 9.17) is 14.2 Å². The smallest absolute Gasteiger partial charge is 0.351 e. The largest absolute Gasteiger partial charge is 0.460 e. The Balaban J connectivity index is 1.58. The Morgan fingerprint density at radius 2 is 1.92 bits per heavy atom. The lowest BCUT2D eigenvalue weighted by Gasteiger charge is -2.34. The first kappa shape index (κ1) is 18.4. The van der Waals surface area contributed by atoms with Gasteiger partial charge in [-0.2, -0.15) is 0 Å². The first-order valence-corrected chi connectivity index (χ1v) is 9.20. The molecule has 0 aromatic rings. The van der Waals surface area contributed by atoms with E-state index in [0.29, 0.717) is 12.8 Å². The standard InChI is InChI=1S/C20H30O5/c1-13(2)8-7-9-19(6)14(24-19)12-23-16(22)20-11-10-18(5,15(21)25-20)17(20,3)4/h8,14H,7,9-12H2,1-6H3/t14-,18?,19+,20?/m1/s1. The normalized spacial score (nSPS) is 40.6. The molecule has 1 aliphatic carbocycles. The van der Waals surface area contributed by atoms with Crippen molar-refractivity contribution >= 4 is 11.9 Å². The maximum absolute atomic E-state index is 12.8. The van der Waals surface area contributed by atoms with Crippen molar-refractivity contribution in [3.8, 4) is 0 Å². The van der Waals surface area contributed by atoms with E-state index >= 15 is 0 Å². The summed E-state index contributed by atoms with van der Waals surface area (Å²) in [6.45, 7) is 12.2. The van der Waals surface area contributed by atoms with Crippen molar-refractivity contribution in [3.63, 3.8) is 0 Å². The van der Waals surface area contributed by atoms with Crippen LogP contribution in [0.5, 0.6) is 0 Å². The maximum Gasteiger partial charge on any atom is 0.351 e. The second kappa shape index (κ2) is 5.57. The van der Waals surface area contributed by atoms with Crippen LogP contribution in [-0.2, 0) is 23.8 Å². The summed E-state index contributed by atoms with van der Waals surface area (Å²) in [6, 6.07) is 0. The molecule has 5 nitrogen and oxygen atoms in total. The van der Waals surface area contributed by atoms with Crippen LogP contribution in [0.3, 0.4) is 0 Å². The number of epoxide rings is 1. The Morgan fingerprint density at radius 1 is 1.24 bits per heavy atom. The van der Waals surface area contributed by atoms with E-state index in [-0.39, 0.29) is 24.3 Å². The van der Waals surface area contributed by atoms with E-state index in [0.717, 1.165) is 12.8 Å². The zero-order chi connectivity index (χ0) is 18.7. The van der Waals surface area contributed by atoms with E-state index in [1.165, 1.54) is 5.57 Å². The summed E-state index contributed by atoms with van der Waals surface area (Å²) in [4.78, 5) is 25.1. The molecule has 4 atom stereocenters. The Kier molecular flexibility index (Phi) is 4.10. The summed E-state index contributed by atoms with van der Waals surface area (Å²) < 4.78 is 16.9. The Morgan fingerprint density at radius 3 is 2.44 bits per heavy atom. The molecule has 3 fully saturated rings. The maximum atomic E-state index is 12.8. The molecule has 0 aromatic heterocycles. The van der Waals surface area contributed by atoms with Crippen molar-refractivity contribution < 1.29 is 23.8 Å². The fourth-order valence-corrected chi connectivity index (χ4v) is 4.34. The van der Waals surface area contributed by atoms with E-state index < -0.39 is 22.4 Å². The van der Waals surface area contributed by atoms with Crippen LogP contribution in [0.2, 0.25) is 0 Å². The Bertz CT molecular complexity index is 632. The van der Waals surface area contributed by atoms with Gasteiger partial charge in [0.05, 0.1) is 11.0 Å². The molecule has 2 bridgehead atoms. The van der Waals surface area contributed by atoms with Gasteiger partial charge in [0.1, 0.15) is 12.7 Å². The van der Waals surface area contributed by atoms with Crippen LogP contribution < -0.4 is 0 Å². The predicted molar refractivity (Wildman–Crippen MR) is 92.8 cm³/mol. The van der Waals surface area contributed by atoms with Crippen LogP contribution in [0.25, 0.3) is 0 Å². The molecule has 2 aliphatic heterocycles.